The molecule has 11 heteroatoms. The predicted molar refractivity (Wildman–Crippen MR) is 133 cm³/mol. The number of halogens is 3. The number of hydrogen-bond acceptors (Lipinski definition) is 6. The lowest BCUT2D eigenvalue weighted by molar-refractivity contribution is -0.765. The molecule has 0 spiro atoms. The van der Waals surface area contributed by atoms with Crippen molar-refractivity contribution in [1.29, 1.82) is 0 Å². The molecule has 3 aromatic heterocycles. The molecule has 3 N–H and O–H groups in total. The third-order valence-corrected chi connectivity index (χ3v) is 7.26. The van der Waals surface area contributed by atoms with Gasteiger partial charge in [0.15, 0.2) is 6.04 Å². The van der Waals surface area contributed by atoms with Gasteiger partial charge in [0.25, 0.3) is 12.1 Å². The molecule has 2 aromatic carbocycles. The van der Waals surface area contributed by atoms with Crippen LogP contribution in [0.2, 0.25) is 5.02 Å². The normalized spacial score (nSPS) is 13.3. The Morgan fingerprint density at radius 2 is 1.92 bits per heavy atom. The van der Waals surface area contributed by atoms with E-state index in [0.29, 0.717) is 26.5 Å². The van der Waals surface area contributed by atoms with Gasteiger partial charge < -0.3 is 5.73 Å². The maximum absolute atomic E-state index is 14.9. The van der Waals surface area contributed by atoms with E-state index in [4.69, 9.17) is 26.8 Å². The molecule has 1 amide bonds. The summed E-state index contributed by atoms with van der Waals surface area (Å²) in [6.07, 6.45) is 3.64. The Kier molecular flexibility index (Phi) is 5.42. The number of pyridine rings is 1. The molecule has 0 aliphatic heterocycles. The SMILES string of the molecule is Nc1c(C(=O)Nc2c[n+](C3CC3)no2)sc2nc(-c3ccc(Cl)cc3)cc(-c3ccc(F)cc3F)c12. The van der Waals surface area contributed by atoms with Crippen molar-refractivity contribution in [3.8, 4) is 22.4 Å². The van der Waals surface area contributed by atoms with Gasteiger partial charge in [0.05, 0.1) is 11.4 Å². The number of amides is 1. The number of benzene rings is 2. The van der Waals surface area contributed by atoms with E-state index in [1.54, 1.807) is 41.2 Å². The van der Waals surface area contributed by atoms with E-state index >= 15 is 0 Å². The maximum Gasteiger partial charge on any atom is 0.302 e. The molecule has 0 radical (unpaired) electrons. The Labute approximate surface area is 212 Å². The first-order valence-corrected chi connectivity index (χ1v) is 12.2. The smallest absolute Gasteiger partial charge is 0.302 e. The van der Waals surface area contributed by atoms with Crippen molar-refractivity contribution < 1.29 is 22.8 Å². The van der Waals surface area contributed by atoms with Crippen molar-refractivity contribution in [2.24, 2.45) is 0 Å². The summed E-state index contributed by atoms with van der Waals surface area (Å²) in [5.41, 5.74) is 8.34. The van der Waals surface area contributed by atoms with E-state index in [1.807, 2.05) is 0 Å². The second kappa shape index (κ2) is 8.65. The van der Waals surface area contributed by atoms with Crippen LogP contribution in [0, 0.1) is 11.6 Å². The molecule has 7 nitrogen and oxygen atoms in total. The van der Waals surface area contributed by atoms with Crippen molar-refractivity contribution in [2.75, 3.05) is 11.1 Å². The van der Waals surface area contributed by atoms with Gasteiger partial charge in [-0.05, 0) is 40.6 Å². The first-order chi connectivity index (χ1) is 17.4. The zero-order chi connectivity index (χ0) is 25.0. The number of nitrogens with two attached hydrogens (primary N) is 1. The Balaban J connectivity index is 1.48. The fourth-order valence-electron chi connectivity index (χ4n) is 3.97. The number of thiophene rings is 1. The van der Waals surface area contributed by atoms with Gasteiger partial charge >= 0.3 is 5.88 Å². The summed E-state index contributed by atoms with van der Waals surface area (Å²) >= 11 is 7.09. The lowest BCUT2D eigenvalue weighted by Gasteiger charge is -2.10. The van der Waals surface area contributed by atoms with E-state index in [-0.39, 0.29) is 28.1 Å². The third-order valence-electron chi connectivity index (χ3n) is 5.91. The maximum atomic E-state index is 14.9. The summed E-state index contributed by atoms with van der Waals surface area (Å²) in [5, 5.41) is 7.54. The van der Waals surface area contributed by atoms with Crippen LogP contribution in [0.1, 0.15) is 28.6 Å². The number of aromatic nitrogens is 3. The number of carbonyl (C=O) groups is 1. The highest BCUT2D eigenvalue weighted by Crippen LogP contribution is 2.42. The van der Waals surface area contributed by atoms with Gasteiger partial charge in [-0.1, -0.05) is 23.7 Å². The molecule has 1 aliphatic rings. The van der Waals surface area contributed by atoms with Gasteiger partial charge in [0, 0.05) is 40.4 Å². The first kappa shape index (κ1) is 22.6. The van der Waals surface area contributed by atoms with Crippen LogP contribution in [0.4, 0.5) is 20.4 Å². The van der Waals surface area contributed by atoms with Gasteiger partial charge in [-0.3, -0.25) is 14.6 Å². The summed E-state index contributed by atoms with van der Waals surface area (Å²) < 4.78 is 35.4. The van der Waals surface area contributed by atoms with Crippen LogP contribution < -0.4 is 15.7 Å². The number of hydrogen-bond donors (Lipinski definition) is 2. The monoisotopic (exact) mass is 524 g/mol. The molecule has 0 bridgehead atoms. The topological polar surface area (TPSA) is 97.9 Å². The van der Waals surface area contributed by atoms with Crippen molar-refractivity contribution in [2.45, 2.75) is 18.9 Å². The van der Waals surface area contributed by atoms with Crippen LogP contribution >= 0.6 is 22.9 Å². The molecule has 0 atom stereocenters. The Morgan fingerprint density at radius 1 is 1.14 bits per heavy atom. The molecular weight excluding hydrogens is 508 g/mol. The van der Waals surface area contributed by atoms with Gasteiger partial charge in [-0.25, -0.2) is 13.8 Å². The van der Waals surface area contributed by atoms with Gasteiger partial charge in [-0.2, -0.15) is 0 Å². The first-order valence-electron chi connectivity index (χ1n) is 11.0. The van der Waals surface area contributed by atoms with Crippen LogP contribution in [-0.2, 0) is 0 Å². The third kappa shape index (κ3) is 4.08. The van der Waals surface area contributed by atoms with Crippen LogP contribution in [0.3, 0.4) is 0 Å². The molecule has 1 saturated carbocycles. The summed E-state index contributed by atoms with van der Waals surface area (Å²) in [5.74, 6) is -1.78. The number of rotatable bonds is 5. The molecule has 0 saturated heterocycles. The number of nitrogens with one attached hydrogen (secondary N) is 1. The Morgan fingerprint density at radius 3 is 2.64 bits per heavy atom. The largest absolute Gasteiger partial charge is 0.397 e. The summed E-state index contributed by atoms with van der Waals surface area (Å²) in [4.78, 5) is 18.4. The Bertz CT molecular complexity index is 1650. The van der Waals surface area contributed by atoms with Crippen LogP contribution in [0.5, 0.6) is 0 Å². The lowest BCUT2D eigenvalue weighted by Crippen LogP contribution is -2.32. The second-order valence-electron chi connectivity index (χ2n) is 8.44. The standard InChI is InChI=1S/C25H16ClF2N5O2S/c26-13-3-1-12(2-4-13)19-10-17(16-8-5-14(27)9-18(16)28)21-22(29)23(36-25(21)30-19)24(34)31-20-11-33(32-35-20)15-6-7-15/h1-5,8-11,15H,6-7H2,(H2-,29,31,32,34)/p+1. The number of anilines is 2. The zero-order valence-electron chi connectivity index (χ0n) is 18.5. The number of nitrogens with zero attached hydrogens (tertiary/aromatic N) is 3. The highest BCUT2D eigenvalue weighted by atomic mass is 35.5. The second-order valence-corrected chi connectivity index (χ2v) is 9.88. The van der Waals surface area contributed by atoms with Gasteiger partial charge in [-0.15, -0.1) is 11.3 Å². The molecular formula is C25H17ClF2N5O2S+. The number of nitrogen functional groups attached to an aromatic ring is 1. The molecule has 3 heterocycles. The van der Waals surface area contributed by atoms with Crippen LogP contribution in [-0.4, -0.2) is 16.2 Å². The molecule has 5 aromatic rings. The van der Waals surface area contributed by atoms with Crippen molar-refractivity contribution in [3.63, 3.8) is 0 Å². The van der Waals surface area contributed by atoms with E-state index in [9.17, 15) is 13.6 Å². The molecule has 1 aliphatic carbocycles. The quantitative estimate of drug-likeness (QED) is 0.274. The highest BCUT2D eigenvalue weighted by Gasteiger charge is 2.36. The average molecular weight is 525 g/mol. The molecule has 0 unspecified atom stereocenters. The van der Waals surface area contributed by atoms with E-state index in [2.05, 4.69) is 10.6 Å². The van der Waals surface area contributed by atoms with Gasteiger partial charge in [0.1, 0.15) is 21.3 Å². The predicted octanol–water partition coefficient (Wildman–Crippen LogP) is 6.01. The molecule has 6 rings (SSSR count). The summed E-state index contributed by atoms with van der Waals surface area (Å²) in [6.45, 7) is 0. The minimum atomic E-state index is -0.757. The zero-order valence-corrected chi connectivity index (χ0v) is 20.0. The van der Waals surface area contributed by atoms with E-state index in [1.165, 1.54) is 12.1 Å². The fraction of sp³-hybridized carbons (Fsp3) is 0.120. The molecule has 36 heavy (non-hydrogen) atoms. The fourth-order valence-corrected chi connectivity index (χ4v) is 5.11. The van der Waals surface area contributed by atoms with E-state index < -0.39 is 17.5 Å². The number of fused-ring (bicyclic) bond motifs is 1. The van der Waals surface area contributed by atoms with E-state index in [0.717, 1.165) is 35.8 Å². The lowest BCUT2D eigenvalue weighted by atomic mass is 9.99. The van der Waals surface area contributed by atoms with Gasteiger partial charge in [0.2, 0.25) is 5.27 Å². The average Bonchev–Trinajstić information content (AvgIpc) is 3.51. The van der Waals surface area contributed by atoms with Crippen LogP contribution in [0.25, 0.3) is 32.6 Å². The van der Waals surface area contributed by atoms with Crippen molar-refractivity contribution >= 4 is 50.6 Å². The van der Waals surface area contributed by atoms with Crippen LogP contribution in [0.15, 0.2) is 59.3 Å². The highest BCUT2D eigenvalue weighted by molar-refractivity contribution is 7.21. The minimum absolute atomic E-state index is 0.135. The van der Waals surface area contributed by atoms with Crippen molar-refractivity contribution in [3.05, 3.63) is 76.3 Å². The number of carbonyl (C=O) groups excluding carboxylic acids is 1. The summed E-state index contributed by atoms with van der Waals surface area (Å²) in [6, 6.07) is 12.3. The molecule has 1 fully saturated rings. The van der Waals surface area contributed by atoms with Crippen molar-refractivity contribution in [1.82, 2.24) is 10.3 Å². The molecule has 180 valence electrons. The minimum Gasteiger partial charge on any atom is -0.397 e. The Hall–Kier alpha value is -3.89. The summed E-state index contributed by atoms with van der Waals surface area (Å²) in [7, 11) is 0.